The van der Waals surface area contributed by atoms with Gasteiger partial charge in [0.05, 0.1) is 13.7 Å². The van der Waals surface area contributed by atoms with E-state index < -0.39 is 23.4 Å². The fraction of sp³-hybridized carbons (Fsp3) is 0.385. The fourth-order valence-electron chi connectivity index (χ4n) is 1.38. The highest BCUT2D eigenvalue weighted by molar-refractivity contribution is 6.33. The quantitative estimate of drug-likeness (QED) is 0.434. The Bertz CT molecular complexity index is 460. The SMILES string of the molecule is COC(=O)C(=O)CCCCOc1ccc(F)cc1F. The van der Waals surface area contributed by atoms with Crippen LogP contribution in [0, 0.1) is 11.6 Å². The molecule has 0 bridgehead atoms. The van der Waals surface area contributed by atoms with Gasteiger partial charge < -0.3 is 9.47 Å². The predicted octanol–water partition coefficient (Wildman–Crippen LogP) is 2.26. The zero-order chi connectivity index (χ0) is 14.3. The highest BCUT2D eigenvalue weighted by Gasteiger charge is 2.12. The number of methoxy groups -OCH3 is 1. The number of Topliss-reactive ketones (excluding diaryl/α,β-unsaturated/α-hetero) is 1. The fourth-order valence-corrected chi connectivity index (χ4v) is 1.38. The molecule has 0 fully saturated rings. The summed E-state index contributed by atoms with van der Waals surface area (Å²) >= 11 is 0. The van der Waals surface area contributed by atoms with Gasteiger partial charge in [0.2, 0.25) is 5.78 Å². The summed E-state index contributed by atoms with van der Waals surface area (Å²) in [7, 11) is 1.14. The Morgan fingerprint density at radius 2 is 1.95 bits per heavy atom. The van der Waals surface area contributed by atoms with E-state index in [0.29, 0.717) is 12.8 Å². The Morgan fingerprint density at radius 3 is 2.58 bits per heavy atom. The van der Waals surface area contributed by atoms with Gasteiger partial charge in [0, 0.05) is 12.5 Å². The minimum absolute atomic E-state index is 0.0410. The highest BCUT2D eigenvalue weighted by Crippen LogP contribution is 2.17. The molecular weight excluding hydrogens is 258 g/mol. The molecule has 19 heavy (non-hydrogen) atoms. The van der Waals surface area contributed by atoms with Crippen molar-refractivity contribution in [2.75, 3.05) is 13.7 Å². The molecule has 1 aromatic rings. The van der Waals surface area contributed by atoms with Crippen LogP contribution in [0.4, 0.5) is 8.78 Å². The smallest absolute Gasteiger partial charge is 0.374 e. The van der Waals surface area contributed by atoms with Crippen LogP contribution in [0.3, 0.4) is 0 Å². The zero-order valence-electron chi connectivity index (χ0n) is 10.4. The number of carbonyl (C=O) groups is 2. The maximum atomic E-state index is 13.2. The molecule has 4 nitrogen and oxygen atoms in total. The molecule has 6 heteroatoms. The van der Waals surface area contributed by atoms with Crippen molar-refractivity contribution in [3.8, 4) is 5.75 Å². The molecule has 1 rings (SSSR count). The van der Waals surface area contributed by atoms with Gasteiger partial charge in [0.25, 0.3) is 0 Å². The second kappa shape index (κ2) is 7.45. The predicted molar refractivity (Wildman–Crippen MR) is 62.7 cm³/mol. The number of hydrogen-bond acceptors (Lipinski definition) is 4. The van der Waals surface area contributed by atoms with E-state index in [1.807, 2.05) is 0 Å². The number of hydrogen-bond donors (Lipinski definition) is 0. The Balaban J connectivity index is 2.24. The van der Waals surface area contributed by atoms with Gasteiger partial charge in [-0.2, -0.15) is 0 Å². The highest BCUT2D eigenvalue weighted by atomic mass is 19.1. The lowest BCUT2D eigenvalue weighted by molar-refractivity contribution is -0.151. The third kappa shape index (κ3) is 5.03. The molecule has 0 aliphatic carbocycles. The van der Waals surface area contributed by atoms with Crippen LogP contribution >= 0.6 is 0 Å². The van der Waals surface area contributed by atoms with Crippen LogP contribution < -0.4 is 4.74 Å². The molecule has 104 valence electrons. The van der Waals surface area contributed by atoms with Crippen LogP contribution in [0.15, 0.2) is 18.2 Å². The minimum atomic E-state index is -0.870. The number of carbonyl (C=O) groups excluding carboxylic acids is 2. The van der Waals surface area contributed by atoms with Crippen LogP contribution in [0.5, 0.6) is 5.75 Å². The average molecular weight is 272 g/mol. The van der Waals surface area contributed by atoms with Crippen LogP contribution in [-0.4, -0.2) is 25.5 Å². The summed E-state index contributed by atoms with van der Waals surface area (Å²) in [6.07, 6.45) is 0.957. The lowest BCUT2D eigenvalue weighted by Gasteiger charge is -2.06. The molecule has 0 aliphatic rings. The number of ether oxygens (including phenoxy) is 2. The van der Waals surface area contributed by atoms with Crippen LogP contribution in [-0.2, 0) is 14.3 Å². The summed E-state index contributed by atoms with van der Waals surface area (Å²) in [5.41, 5.74) is 0. The Hall–Kier alpha value is -1.98. The van der Waals surface area contributed by atoms with Gasteiger partial charge in [-0.25, -0.2) is 13.6 Å². The maximum Gasteiger partial charge on any atom is 0.374 e. The van der Waals surface area contributed by atoms with E-state index in [1.165, 1.54) is 6.07 Å². The van der Waals surface area contributed by atoms with Crippen molar-refractivity contribution < 1.29 is 27.8 Å². The van der Waals surface area contributed by atoms with Gasteiger partial charge in [-0.15, -0.1) is 0 Å². The molecule has 0 unspecified atom stereocenters. The van der Waals surface area contributed by atoms with E-state index in [9.17, 15) is 18.4 Å². The summed E-state index contributed by atoms with van der Waals surface area (Å²) < 4.78 is 35.1. The molecular formula is C13H14F2O4. The van der Waals surface area contributed by atoms with Gasteiger partial charge in [-0.05, 0) is 25.0 Å². The Labute approximate surface area is 109 Å². The topological polar surface area (TPSA) is 52.6 Å². The van der Waals surface area contributed by atoms with Gasteiger partial charge in [0.1, 0.15) is 5.82 Å². The summed E-state index contributed by atoms with van der Waals surface area (Å²) in [5, 5.41) is 0. The monoisotopic (exact) mass is 272 g/mol. The van der Waals surface area contributed by atoms with Crippen molar-refractivity contribution in [1.29, 1.82) is 0 Å². The summed E-state index contributed by atoms with van der Waals surface area (Å²) in [4.78, 5) is 21.9. The van der Waals surface area contributed by atoms with E-state index in [2.05, 4.69) is 4.74 Å². The normalized spacial score (nSPS) is 10.1. The average Bonchev–Trinajstić information content (AvgIpc) is 2.39. The Morgan fingerprint density at radius 1 is 1.21 bits per heavy atom. The molecule has 0 atom stereocenters. The van der Waals surface area contributed by atoms with E-state index in [-0.39, 0.29) is 18.8 Å². The van der Waals surface area contributed by atoms with Gasteiger partial charge in [-0.3, -0.25) is 4.79 Å². The standard InChI is InChI=1S/C13H14F2O4/c1-18-13(17)11(16)4-2-3-7-19-12-6-5-9(14)8-10(12)15/h5-6,8H,2-4,7H2,1H3. The van der Waals surface area contributed by atoms with Crippen molar-refractivity contribution in [3.63, 3.8) is 0 Å². The van der Waals surface area contributed by atoms with Crippen LogP contribution in [0.2, 0.25) is 0 Å². The summed E-state index contributed by atoms with van der Waals surface area (Å²) in [6, 6.07) is 3.03. The zero-order valence-corrected chi connectivity index (χ0v) is 10.4. The molecule has 0 heterocycles. The molecule has 1 aromatic carbocycles. The lowest BCUT2D eigenvalue weighted by Crippen LogP contribution is -2.15. The second-order valence-corrected chi connectivity index (χ2v) is 3.80. The van der Waals surface area contributed by atoms with E-state index >= 15 is 0 Å². The van der Waals surface area contributed by atoms with Crippen molar-refractivity contribution in [2.24, 2.45) is 0 Å². The molecule has 0 amide bonds. The Kier molecular flexibility index (Phi) is 5.92. The lowest BCUT2D eigenvalue weighted by atomic mass is 10.2. The second-order valence-electron chi connectivity index (χ2n) is 3.80. The van der Waals surface area contributed by atoms with E-state index in [4.69, 9.17) is 4.74 Å². The first-order valence-corrected chi connectivity index (χ1v) is 5.73. The molecule has 0 radical (unpaired) electrons. The number of ketones is 1. The van der Waals surface area contributed by atoms with Crippen molar-refractivity contribution in [1.82, 2.24) is 0 Å². The molecule has 0 aromatic heterocycles. The minimum Gasteiger partial charge on any atom is -0.491 e. The molecule has 0 spiro atoms. The third-order valence-corrected chi connectivity index (χ3v) is 2.36. The van der Waals surface area contributed by atoms with Crippen LogP contribution in [0.25, 0.3) is 0 Å². The van der Waals surface area contributed by atoms with Crippen molar-refractivity contribution in [3.05, 3.63) is 29.8 Å². The van der Waals surface area contributed by atoms with E-state index in [0.717, 1.165) is 19.2 Å². The van der Waals surface area contributed by atoms with Gasteiger partial charge >= 0.3 is 5.97 Å². The first-order valence-electron chi connectivity index (χ1n) is 5.73. The maximum absolute atomic E-state index is 13.2. The number of rotatable bonds is 7. The van der Waals surface area contributed by atoms with E-state index in [1.54, 1.807) is 0 Å². The number of benzene rings is 1. The summed E-state index contributed by atoms with van der Waals surface area (Å²) in [6.45, 7) is 0.178. The molecule has 0 N–H and O–H groups in total. The first kappa shape index (κ1) is 15.1. The van der Waals surface area contributed by atoms with Gasteiger partial charge in [0.15, 0.2) is 11.6 Å². The number of halogens is 2. The van der Waals surface area contributed by atoms with Crippen LogP contribution in [0.1, 0.15) is 19.3 Å². The largest absolute Gasteiger partial charge is 0.491 e. The van der Waals surface area contributed by atoms with Crippen molar-refractivity contribution >= 4 is 11.8 Å². The molecule has 0 saturated heterocycles. The van der Waals surface area contributed by atoms with Gasteiger partial charge in [-0.1, -0.05) is 0 Å². The third-order valence-electron chi connectivity index (χ3n) is 2.36. The number of esters is 1. The first-order chi connectivity index (χ1) is 9.04. The summed E-state index contributed by atoms with van der Waals surface area (Å²) in [5.74, 6) is -2.96. The molecule has 0 aliphatic heterocycles. The number of unbranched alkanes of at least 4 members (excludes halogenated alkanes) is 1. The van der Waals surface area contributed by atoms with Crippen molar-refractivity contribution in [2.45, 2.75) is 19.3 Å². The molecule has 0 saturated carbocycles.